The average molecular weight is 1070 g/mol. The first-order chi connectivity index (χ1) is 29.3. The van der Waals surface area contributed by atoms with Crippen LogP contribution in [0, 0.1) is 40.4 Å². The summed E-state index contributed by atoms with van der Waals surface area (Å²) >= 11 is 32.0. The molecule has 64 heavy (non-hydrogen) atoms. The van der Waals surface area contributed by atoms with E-state index in [1.54, 1.807) is 28.4 Å². The van der Waals surface area contributed by atoms with Crippen LogP contribution in [0.25, 0.3) is 0 Å². The molecule has 0 aromatic rings. The van der Waals surface area contributed by atoms with Crippen molar-refractivity contribution in [3.05, 3.63) is 0 Å². The summed E-state index contributed by atoms with van der Waals surface area (Å²) in [7, 11) is 6.82. The van der Waals surface area contributed by atoms with E-state index in [-0.39, 0.29) is 117 Å². The fourth-order valence-corrected chi connectivity index (χ4v) is 7.70. The summed E-state index contributed by atoms with van der Waals surface area (Å²) in [5.74, 6) is -0.412. The maximum Gasteiger partial charge on any atom is 1.00 e. The van der Waals surface area contributed by atoms with Gasteiger partial charge in [0.2, 0.25) is 12.2 Å². The SMILES string of the molecule is CCCCCCCC(CCOC1C(C)C(COC)OC(OC(=N)C(Cl)(Cl)Cl)C1C)OC.CCCCCCCC(CCOC1C(C)C(O)OC(COC)C1C)OC.N#CC(Cl)(Cl)Cl.[K+].[OH-]. The van der Waals surface area contributed by atoms with E-state index in [9.17, 15) is 5.11 Å². The van der Waals surface area contributed by atoms with E-state index < -0.39 is 26.1 Å². The first-order valence-electron chi connectivity index (χ1n) is 22.3. The molecule has 0 aromatic heterocycles. The van der Waals surface area contributed by atoms with E-state index in [1.165, 1.54) is 70.3 Å². The van der Waals surface area contributed by atoms with Gasteiger partial charge in [0.15, 0.2) is 6.29 Å². The number of alkyl halides is 6. The number of nitrogens with one attached hydrogen (secondary N) is 1. The van der Waals surface area contributed by atoms with Crippen LogP contribution in [-0.2, 0) is 42.6 Å². The number of aliphatic hydroxyl groups is 1. The maximum absolute atomic E-state index is 10.1. The van der Waals surface area contributed by atoms with Crippen LogP contribution in [0.1, 0.15) is 131 Å². The van der Waals surface area contributed by atoms with Gasteiger partial charge < -0.3 is 53.2 Å². The quantitative estimate of drug-likeness (QED) is 0.0263. The molecule has 0 saturated carbocycles. The molecule has 376 valence electrons. The van der Waals surface area contributed by atoms with Gasteiger partial charge in [-0.05, 0) is 25.7 Å². The van der Waals surface area contributed by atoms with Crippen molar-refractivity contribution in [2.24, 2.45) is 23.7 Å². The Morgan fingerprint density at radius 1 is 0.656 bits per heavy atom. The molecule has 2 aliphatic rings. The van der Waals surface area contributed by atoms with Crippen molar-refractivity contribution in [2.75, 3.05) is 54.9 Å². The smallest absolute Gasteiger partial charge is 0.870 e. The van der Waals surface area contributed by atoms with Crippen LogP contribution < -0.4 is 51.4 Å². The van der Waals surface area contributed by atoms with E-state index in [4.69, 9.17) is 123 Å². The molecule has 0 aliphatic carbocycles. The summed E-state index contributed by atoms with van der Waals surface area (Å²) in [6, 6.07) is 1.40. The third kappa shape index (κ3) is 30.6. The summed E-state index contributed by atoms with van der Waals surface area (Å²) < 4.78 is 47.7. The van der Waals surface area contributed by atoms with E-state index in [0.29, 0.717) is 26.4 Å². The van der Waals surface area contributed by atoms with Gasteiger partial charge >= 0.3 is 51.4 Å². The van der Waals surface area contributed by atoms with Gasteiger partial charge in [-0.1, -0.05) is 175 Å². The first-order valence-corrected chi connectivity index (χ1v) is 24.6. The monoisotopic (exact) mass is 1060 g/mol. The van der Waals surface area contributed by atoms with Crippen molar-refractivity contribution in [3.8, 4) is 6.07 Å². The normalized spacial score (nSPS) is 26.6. The molecule has 0 aromatic carbocycles. The molecule has 13 nitrogen and oxygen atoms in total. The van der Waals surface area contributed by atoms with Gasteiger partial charge in [-0.25, -0.2) is 0 Å². The molecule has 3 N–H and O–H groups in total. The second-order valence-electron chi connectivity index (χ2n) is 16.4. The fraction of sp³-hybridized carbons (Fsp3) is 0.955. The second-order valence-corrected chi connectivity index (χ2v) is 20.9. The van der Waals surface area contributed by atoms with E-state index >= 15 is 0 Å². The van der Waals surface area contributed by atoms with Crippen LogP contribution >= 0.6 is 69.6 Å². The number of nitrogens with zero attached hydrogens (tertiary/aromatic N) is 1. The van der Waals surface area contributed by atoms with Gasteiger partial charge in [0, 0.05) is 65.3 Å². The van der Waals surface area contributed by atoms with E-state index in [1.807, 2.05) is 13.8 Å². The minimum Gasteiger partial charge on any atom is -0.870 e. The van der Waals surface area contributed by atoms with Crippen molar-refractivity contribution in [3.63, 3.8) is 0 Å². The number of halogens is 6. The molecule has 2 fully saturated rings. The molecular weight excluding hydrogens is 984 g/mol. The molecule has 0 radical (unpaired) electrons. The Hall–Kier alpha value is 1.94. The van der Waals surface area contributed by atoms with Crippen molar-refractivity contribution >= 4 is 75.5 Å². The Morgan fingerprint density at radius 2 is 1.05 bits per heavy atom. The third-order valence-electron chi connectivity index (χ3n) is 11.5. The zero-order valence-corrected chi connectivity index (χ0v) is 48.1. The van der Waals surface area contributed by atoms with Crippen LogP contribution in [0.4, 0.5) is 0 Å². The van der Waals surface area contributed by atoms with Crippen LogP contribution in [0.2, 0.25) is 0 Å². The summed E-state index contributed by atoms with van der Waals surface area (Å²) in [6.07, 6.45) is 14.9. The topological polar surface area (TPSA) is 181 Å². The van der Waals surface area contributed by atoms with Gasteiger partial charge in [-0.3, -0.25) is 5.41 Å². The Morgan fingerprint density at radius 3 is 1.41 bits per heavy atom. The Bertz CT molecular complexity index is 1180. The zero-order chi connectivity index (χ0) is 47.3. The third-order valence-corrected chi connectivity index (χ3v) is 12.2. The van der Waals surface area contributed by atoms with Crippen molar-refractivity contribution in [1.82, 2.24) is 0 Å². The first kappa shape index (κ1) is 70.2. The number of hydrogen-bond acceptors (Lipinski definition) is 13. The summed E-state index contributed by atoms with van der Waals surface area (Å²) in [6.45, 7) is 14.7. The molecule has 2 aliphatic heterocycles. The molecule has 2 saturated heterocycles. The van der Waals surface area contributed by atoms with Crippen molar-refractivity contribution in [2.45, 2.75) is 188 Å². The molecule has 2 heterocycles. The summed E-state index contributed by atoms with van der Waals surface area (Å²) in [5.41, 5.74) is 0. The summed E-state index contributed by atoms with van der Waals surface area (Å²) in [4.78, 5) is 0. The standard InChI is InChI=1S/C22H40Cl3NO5.C20H40O5.C2Cl3N.K.H2O/c1-6-7-8-9-10-11-17(28-5)12-13-29-19-15(2)18(14-27-4)30-20(16(19)3)31-21(26)22(23,24)25;1-6-7-8-9-10-11-17(23-5)12-13-24-19-15(2)18(14-22-4)25-20(21)16(19)3;3-2(4,5)1-6;;/h15-20,26H,6-14H2,1-5H3;15-21H,6-14H2,1-5H3;;;1H2/q;;;+1;/p-1. The Labute approximate surface area is 459 Å². The maximum atomic E-state index is 10.1. The molecule has 0 bridgehead atoms. The zero-order valence-electron chi connectivity index (χ0n) is 40.4. The number of ether oxygens (including phenoxy) is 9. The average Bonchev–Trinajstić information content (AvgIpc) is 3.22. The fourth-order valence-electron chi connectivity index (χ4n) is 7.56. The van der Waals surface area contributed by atoms with Crippen LogP contribution in [-0.4, -0.2) is 128 Å². The number of unbranched alkanes of at least 4 members (excludes halogenated alkanes) is 8. The molecule has 0 spiro atoms. The minimum atomic E-state index is -1.94. The molecule has 20 heteroatoms. The summed E-state index contributed by atoms with van der Waals surface area (Å²) in [5, 5.41) is 25.8. The predicted octanol–water partition coefficient (Wildman–Crippen LogP) is 8.63. The molecule has 12 atom stereocenters. The number of nitriles is 1. The van der Waals surface area contributed by atoms with Gasteiger partial charge in [0.05, 0.1) is 49.8 Å². The number of aliphatic hydroxyl groups excluding tert-OH is 1. The predicted molar refractivity (Wildman–Crippen MR) is 254 cm³/mol. The van der Waals surface area contributed by atoms with E-state index in [0.717, 1.165) is 25.7 Å². The van der Waals surface area contributed by atoms with Crippen LogP contribution in [0.3, 0.4) is 0 Å². The van der Waals surface area contributed by atoms with Gasteiger partial charge in [0.25, 0.3) is 7.59 Å². The van der Waals surface area contributed by atoms with Gasteiger partial charge in [-0.15, -0.1) is 0 Å². The molecule has 2 rings (SSSR count). The number of hydrogen-bond donors (Lipinski definition) is 2. The number of rotatable bonds is 27. The Kier molecular flexibility index (Phi) is 44.4. The molecule has 12 unspecified atom stereocenters. The van der Waals surface area contributed by atoms with E-state index in [2.05, 4.69) is 27.7 Å². The Balaban J connectivity index is -0.00000102. The number of methoxy groups -OCH3 is 4. The van der Waals surface area contributed by atoms with Crippen LogP contribution in [0.15, 0.2) is 0 Å². The molecule has 0 amide bonds. The minimum absolute atomic E-state index is 0. The largest absolute Gasteiger partial charge is 1.00 e. The molecular formula is C44H81Cl6KN2O11. The van der Waals surface area contributed by atoms with Crippen molar-refractivity contribution in [1.29, 1.82) is 10.7 Å². The van der Waals surface area contributed by atoms with Crippen LogP contribution in [0.5, 0.6) is 0 Å². The van der Waals surface area contributed by atoms with Gasteiger partial charge in [0.1, 0.15) is 6.07 Å². The van der Waals surface area contributed by atoms with Crippen molar-refractivity contribution < 1.29 is 105 Å². The second kappa shape index (κ2) is 40.5. The van der Waals surface area contributed by atoms with Gasteiger partial charge in [-0.2, -0.15) is 5.26 Å².